The molecular weight excluding hydrogens is 272 g/mol. The highest BCUT2D eigenvalue weighted by Gasteiger charge is 2.16. The van der Waals surface area contributed by atoms with Crippen LogP contribution in [0, 0.1) is 6.92 Å². The van der Waals surface area contributed by atoms with Crippen molar-refractivity contribution in [2.24, 2.45) is 5.73 Å². The van der Waals surface area contributed by atoms with Gasteiger partial charge >= 0.3 is 0 Å². The van der Waals surface area contributed by atoms with E-state index in [0.717, 1.165) is 37.2 Å². The second-order valence-electron chi connectivity index (χ2n) is 5.74. The molecule has 0 aliphatic rings. The summed E-state index contributed by atoms with van der Waals surface area (Å²) in [7, 11) is 0. The summed E-state index contributed by atoms with van der Waals surface area (Å²) >= 11 is 0. The zero-order valence-electron chi connectivity index (χ0n) is 13.5. The van der Waals surface area contributed by atoms with E-state index in [1.807, 2.05) is 30.6 Å². The van der Waals surface area contributed by atoms with Crippen LogP contribution in [0.25, 0.3) is 0 Å². The Balaban J connectivity index is 2.04. The fourth-order valence-electron chi connectivity index (χ4n) is 2.65. The first-order chi connectivity index (χ1) is 10.7. The number of nitrogens with one attached hydrogen (secondary N) is 1. The Morgan fingerprint density at radius 2 is 1.95 bits per heavy atom. The van der Waals surface area contributed by atoms with Crippen molar-refractivity contribution in [3.63, 3.8) is 0 Å². The molecule has 2 atom stereocenters. The van der Waals surface area contributed by atoms with Gasteiger partial charge in [0.15, 0.2) is 0 Å². The standard InChI is InChI=1S/C18H26N4/c1-14-7-6-12-21-18(14)13-16(8-5-10-19)22-15(2)17-9-3-4-11-20-17/h3-4,6-7,9,11-12,15-16,22H,5,8,10,13,19H2,1-2H3. The van der Waals surface area contributed by atoms with Gasteiger partial charge < -0.3 is 11.1 Å². The van der Waals surface area contributed by atoms with Crippen LogP contribution >= 0.6 is 0 Å². The van der Waals surface area contributed by atoms with E-state index in [9.17, 15) is 0 Å². The first-order valence-corrected chi connectivity index (χ1v) is 7.98. The molecule has 2 aromatic rings. The van der Waals surface area contributed by atoms with E-state index >= 15 is 0 Å². The molecular formula is C18H26N4. The monoisotopic (exact) mass is 298 g/mol. The van der Waals surface area contributed by atoms with Crippen molar-refractivity contribution in [3.8, 4) is 0 Å². The maximum Gasteiger partial charge on any atom is 0.0570 e. The molecule has 3 N–H and O–H groups in total. The third-order valence-corrected chi connectivity index (χ3v) is 3.93. The summed E-state index contributed by atoms with van der Waals surface area (Å²) in [6.07, 6.45) is 6.68. The zero-order valence-corrected chi connectivity index (χ0v) is 13.5. The van der Waals surface area contributed by atoms with Crippen molar-refractivity contribution in [3.05, 3.63) is 59.7 Å². The predicted molar refractivity (Wildman–Crippen MR) is 90.5 cm³/mol. The summed E-state index contributed by atoms with van der Waals surface area (Å²) in [6, 6.07) is 10.7. The topological polar surface area (TPSA) is 63.8 Å². The Morgan fingerprint density at radius 1 is 1.14 bits per heavy atom. The van der Waals surface area contributed by atoms with Crippen molar-refractivity contribution in [1.82, 2.24) is 15.3 Å². The summed E-state index contributed by atoms with van der Waals surface area (Å²) in [5, 5.41) is 3.69. The van der Waals surface area contributed by atoms with Gasteiger partial charge in [-0.3, -0.25) is 9.97 Å². The number of hydrogen-bond acceptors (Lipinski definition) is 4. The second kappa shape index (κ2) is 8.61. The van der Waals surface area contributed by atoms with Gasteiger partial charge in [-0.1, -0.05) is 12.1 Å². The van der Waals surface area contributed by atoms with Crippen LogP contribution in [-0.2, 0) is 6.42 Å². The Hall–Kier alpha value is -1.78. The average molecular weight is 298 g/mol. The van der Waals surface area contributed by atoms with Gasteiger partial charge in [0.25, 0.3) is 0 Å². The predicted octanol–water partition coefficient (Wildman–Crippen LogP) is 2.79. The highest BCUT2D eigenvalue weighted by atomic mass is 15.0. The number of rotatable bonds is 8. The minimum Gasteiger partial charge on any atom is -0.330 e. The van der Waals surface area contributed by atoms with E-state index in [-0.39, 0.29) is 6.04 Å². The molecule has 0 bridgehead atoms. The summed E-state index contributed by atoms with van der Waals surface area (Å²) in [6.45, 7) is 4.99. The molecule has 2 heterocycles. The molecule has 0 fully saturated rings. The van der Waals surface area contributed by atoms with Crippen molar-refractivity contribution in [1.29, 1.82) is 0 Å². The molecule has 22 heavy (non-hydrogen) atoms. The van der Waals surface area contributed by atoms with Gasteiger partial charge in [0.2, 0.25) is 0 Å². The highest BCUT2D eigenvalue weighted by Crippen LogP contribution is 2.15. The molecule has 0 radical (unpaired) electrons. The number of aromatic nitrogens is 2. The summed E-state index contributed by atoms with van der Waals surface area (Å²) in [5.74, 6) is 0. The third kappa shape index (κ3) is 4.90. The SMILES string of the molecule is Cc1cccnc1CC(CCCN)NC(C)c1ccccn1. The lowest BCUT2D eigenvalue weighted by atomic mass is 10.0. The van der Waals surface area contributed by atoms with E-state index in [4.69, 9.17) is 5.73 Å². The van der Waals surface area contributed by atoms with Gasteiger partial charge in [-0.05, 0) is 57.0 Å². The summed E-state index contributed by atoms with van der Waals surface area (Å²) < 4.78 is 0. The first kappa shape index (κ1) is 16.6. The van der Waals surface area contributed by atoms with Gasteiger partial charge in [-0.25, -0.2) is 0 Å². The lowest BCUT2D eigenvalue weighted by Crippen LogP contribution is -2.34. The molecule has 0 saturated carbocycles. The first-order valence-electron chi connectivity index (χ1n) is 7.98. The summed E-state index contributed by atoms with van der Waals surface area (Å²) in [4.78, 5) is 8.95. The number of hydrogen-bond donors (Lipinski definition) is 2. The van der Waals surface area contributed by atoms with Crippen LogP contribution in [0.1, 0.15) is 42.8 Å². The minimum absolute atomic E-state index is 0.216. The van der Waals surface area contributed by atoms with Crippen molar-refractivity contribution < 1.29 is 0 Å². The molecule has 0 aromatic carbocycles. The van der Waals surface area contributed by atoms with Gasteiger partial charge in [0, 0.05) is 36.6 Å². The quantitative estimate of drug-likeness (QED) is 0.786. The molecule has 0 amide bonds. The molecule has 2 aromatic heterocycles. The van der Waals surface area contributed by atoms with E-state index in [1.54, 1.807) is 0 Å². The van der Waals surface area contributed by atoms with Gasteiger partial charge in [0.05, 0.1) is 5.69 Å². The van der Waals surface area contributed by atoms with Crippen molar-refractivity contribution >= 4 is 0 Å². The van der Waals surface area contributed by atoms with Crippen LogP contribution in [0.4, 0.5) is 0 Å². The molecule has 4 heteroatoms. The second-order valence-corrected chi connectivity index (χ2v) is 5.74. The molecule has 0 spiro atoms. The van der Waals surface area contributed by atoms with Crippen molar-refractivity contribution in [2.75, 3.05) is 6.54 Å². The molecule has 2 rings (SSSR count). The fourth-order valence-corrected chi connectivity index (χ4v) is 2.65. The molecule has 0 aliphatic carbocycles. The van der Waals surface area contributed by atoms with E-state index in [1.165, 1.54) is 5.56 Å². The molecule has 0 aliphatic heterocycles. The van der Waals surface area contributed by atoms with Gasteiger partial charge in [-0.2, -0.15) is 0 Å². The lowest BCUT2D eigenvalue weighted by Gasteiger charge is -2.23. The van der Waals surface area contributed by atoms with Crippen LogP contribution in [0.5, 0.6) is 0 Å². The number of nitrogens with zero attached hydrogens (tertiary/aromatic N) is 2. The smallest absolute Gasteiger partial charge is 0.0570 e. The summed E-state index contributed by atoms with van der Waals surface area (Å²) in [5.41, 5.74) is 9.15. The zero-order chi connectivity index (χ0) is 15.8. The van der Waals surface area contributed by atoms with Gasteiger partial charge in [-0.15, -0.1) is 0 Å². The minimum atomic E-state index is 0.216. The van der Waals surface area contributed by atoms with Crippen molar-refractivity contribution in [2.45, 2.75) is 45.2 Å². The van der Waals surface area contributed by atoms with E-state index in [2.05, 4.69) is 41.3 Å². The molecule has 0 saturated heterocycles. The highest BCUT2D eigenvalue weighted by molar-refractivity contribution is 5.19. The Morgan fingerprint density at radius 3 is 2.64 bits per heavy atom. The Labute approximate surface area is 133 Å². The van der Waals surface area contributed by atoms with E-state index < -0.39 is 0 Å². The number of aryl methyl sites for hydroxylation is 1. The van der Waals surface area contributed by atoms with Crippen LogP contribution in [0.15, 0.2) is 42.7 Å². The Bertz CT molecular complexity index is 556. The molecule has 118 valence electrons. The molecule has 2 unspecified atom stereocenters. The average Bonchev–Trinajstić information content (AvgIpc) is 2.55. The number of pyridine rings is 2. The van der Waals surface area contributed by atoms with Gasteiger partial charge in [0.1, 0.15) is 0 Å². The van der Waals surface area contributed by atoms with E-state index in [0.29, 0.717) is 6.04 Å². The third-order valence-electron chi connectivity index (χ3n) is 3.93. The van der Waals surface area contributed by atoms with Crippen LogP contribution in [0.3, 0.4) is 0 Å². The maximum atomic E-state index is 5.69. The van der Waals surface area contributed by atoms with Crippen LogP contribution in [-0.4, -0.2) is 22.6 Å². The largest absolute Gasteiger partial charge is 0.330 e. The van der Waals surface area contributed by atoms with Crippen LogP contribution < -0.4 is 11.1 Å². The maximum absolute atomic E-state index is 5.69. The molecule has 4 nitrogen and oxygen atoms in total. The fraction of sp³-hybridized carbons (Fsp3) is 0.444. The number of nitrogens with two attached hydrogens (primary N) is 1. The normalized spacial score (nSPS) is 13.8. The van der Waals surface area contributed by atoms with Crippen LogP contribution in [0.2, 0.25) is 0 Å². The Kier molecular flexibility index (Phi) is 6.49. The lowest BCUT2D eigenvalue weighted by molar-refractivity contribution is 0.413.